The molecule has 3 N–H and O–H groups in total. The number of amides is 1. The summed E-state index contributed by atoms with van der Waals surface area (Å²) in [6, 6.07) is 0.687. The first-order valence-electron chi connectivity index (χ1n) is 5.79. The van der Waals surface area contributed by atoms with E-state index in [2.05, 4.69) is 27.9 Å². The van der Waals surface area contributed by atoms with Crippen molar-refractivity contribution < 1.29 is 4.79 Å². The predicted octanol–water partition coefficient (Wildman–Crippen LogP) is 0.0844. The Morgan fingerprint density at radius 3 is 2.56 bits per heavy atom. The van der Waals surface area contributed by atoms with Crippen LogP contribution in [0.5, 0.6) is 0 Å². The zero-order chi connectivity index (χ0) is 12.1. The Kier molecular flexibility index (Phi) is 4.58. The molecule has 0 bridgehead atoms. The van der Waals surface area contributed by atoms with Gasteiger partial charge in [-0.3, -0.25) is 9.79 Å². The summed E-state index contributed by atoms with van der Waals surface area (Å²) in [6.45, 7) is 6.34. The second-order valence-corrected chi connectivity index (χ2v) is 4.61. The van der Waals surface area contributed by atoms with E-state index in [9.17, 15) is 4.79 Å². The third kappa shape index (κ3) is 4.51. The Bertz CT molecular complexity index is 275. The van der Waals surface area contributed by atoms with Crippen LogP contribution in [0, 0.1) is 5.92 Å². The molecule has 0 aromatic rings. The average Bonchev–Trinajstić information content (AvgIpc) is 2.87. The van der Waals surface area contributed by atoms with Gasteiger partial charge in [0.05, 0.1) is 6.54 Å². The van der Waals surface area contributed by atoms with Crippen LogP contribution in [-0.4, -0.2) is 37.5 Å². The van der Waals surface area contributed by atoms with Gasteiger partial charge < -0.3 is 16.0 Å². The zero-order valence-electron chi connectivity index (χ0n) is 10.5. The number of nitrogens with zero attached hydrogens (tertiary/aromatic N) is 1. The average molecular weight is 226 g/mol. The molecule has 0 saturated heterocycles. The van der Waals surface area contributed by atoms with Crippen LogP contribution in [0.1, 0.15) is 27.2 Å². The highest BCUT2D eigenvalue weighted by Crippen LogP contribution is 2.28. The molecule has 2 atom stereocenters. The second-order valence-electron chi connectivity index (χ2n) is 4.61. The van der Waals surface area contributed by atoms with Crippen molar-refractivity contribution in [2.24, 2.45) is 10.9 Å². The second kappa shape index (κ2) is 5.72. The number of carbonyl (C=O) groups excluding carboxylic acids is 1. The lowest BCUT2D eigenvalue weighted by molar-refractivity contribution is -0.120. The Hall–Kier alpha value is -1.26. The van der Waals surface area contributed by atoms with Crippen molar-refractivity contribution in [3.05, 3.63) is 0 Å². The van der Waals surface area contributed by atoms with E-state index in [1.54, 1.807) is 7.05 Å². The van der Waals surface area contributed by atoms with E-state index < -0.39 is 0 Å². The van der Waals surface area contributed by atoms with Crippen molar-refractivity contribution in [1.82, 2.24) is 16.0 Å². The molecule has 1 amide bonds. The number of rotatable bonds is 4. The van der Waals surface area contributed by atoms with Gasteiger partial charge >= 0.3 is 0 Å². The quantitative estimate of drug-likeness (QED) is 0.470. The SMILES string of the molecule is CN=C(NCC(=O)NC(C)C)NC1CC1C. The number of hydrogen-bond acceptors (Lipinski definition) is 2. The van der Waals surface area contributed by atoms with E-state index in [4.69, 9.17) is 0 Å². The predicted molar refractivity (Wildman–Crippen MR) is 65.3 cm³/mol. The van der Waals surface area contributed by atoms with Crippen molar-refractivity contribution in [1.29, 1.82) is 0 Å². The zero-order valence-corrected chi connectivity index (χ0v) is 10.5. The van der Waals surface area contributed by atoms with Crippen LogP contribution in [0.4, 0.5) is 0 Å². The van der Waals surface area contributed by atoms with E-state index in [1.807, 2.05) is 13.8 Å². The number of guanidine groups is 1. The van der Waals surface area contributed by atoms with Crippen LogP contribution in [0.15, 0.2) is 4.99 Å². The van der Waals surface area contributed by atoms with Crippen molar-refractivity contribution in [2.45, 2.75) is 39.3 Å². The minimum absolute atomic E-state index is 0.0122. The van der Waals surface area contributed by atoms with Crippen molar-refractivity contribution in [2.75, 3.05) is 13.6 Å². The molecule has 1 fully saturated rings. The lowest BCUT2D eigenvalue weighted by Crippen LogP contribution is -2.45. The molecular formula is C11H22N4O. The summed E-state index contributed by atoms with van der Waals surface area (Å²) in [5.74, 6) is 1.40. The fraction of sp³-hybridized carbons (Fsp3) is 0.818. The Labute approximate surface area is 97.1 Å². The Morgan fingerprint density at radius 1 is 1.50 bits per heavy atom. The van der Waals surface area contributed by atoms with Crippen LogP contribution in [0.3, 0.4) is 0 Å². The number of carbonyl (C=O) groups is 1. The fourth-order valence-electron chi connectivity index (χ4n) is 1.43. The van der Waals surface area contributed by atoms with Crippen LogP contribution < -0.4 is 16.0 Å². The molecule has 0 aliphatic heterocycles. The summed E-state index contributed by atoms with van der Waals surface area (Å²) in [4.78, 5) is 15.5. The monoisotopic (exact) mass is 226 g/mol. The van der Waals surface area contributed by atoms with Gasteiger partial charge in [-0.05, 0) is 26.2 Å². The highest BCUT2D eigenvalue weighted by atomic mass is 16.1. The molecule has 5 heteroatoms. The van der Waals surface area contributed by atoms with Crippen molar-refractivity contribution in [3.63, 3.8) is 0 Å². The molecule has 16 heavy (non-hydrogen) atoms. The van der Waals surface area contributed by atoms with Gasteiger partial charge in [0.1, 0.15) is 0 Å². The molecule has 2 unspecified atom stereocenters. The minimum Gasteiger partial charge on any atom is -0.353 e. The largest absolute Gasteiger partial charge is 0.353 e. The highest BCUT2D eigenvalue weighted by Gasteiger charge is 2.33. The molecule has 1 aliphatic rings. The summed E-state index contributed by atoms with van der Waals surface area (Å²) in [5, 5.41) is 9.07. The third-order valence-corrected chi connectivity index (χ3v) is 2.52. The first kappa shape index (κ1) is 12.8. The third-order valence-electron chi connectivity index (χ3n) is 2.52. The van der Waals surface area contributed by atoms with Gasteiger partial charge in [-0.25, -0.2) is 0 Å². The number of aliphatic imine (C=N–C) groups is 1. The van der Waals surface area contributed by atoms with Crippen LogP contribution in [-0.2, 0) is 4.79 Å². The van der Waals surface area contributed by atoms with E-state index >= 15 is 0 Å². The lowest BCUT2D eigenvalue weighted by Gasteiger charge is -2.12. The van der Waals surface area contributed by atoms with E-state index in [0.29, 0.717) is 17.9 Å². The van der Waals surface area contributed by atoms with Gasteiger partial charge in [-0.2, -0.15) is 0 Å². The molecule has 5 nitrogen and oxygen atoms in total. The van der Waals surface area contributed by atoms with Gasteiger partial charge in [-0.15, -0.1) is 0 Å². The highest BCUT2D eigenvalue weighted by molar-refractivity contribution is 5.86. The Morgan fingerprint density at radius 2 is 2.12 bits per heavy atom. The summed E-state index contributed by atoms with van der Waals surface area (Å²) in [6.07, 6.45) is 1.18. The van der Waals surface area contributed by atoms with Gasteiger partial charge in [0, 0.05) is 19.1 Å². The molecule has 1 saturated carbocycles. The fourth-order valence-corrected chi connectivity index (χ4v) is 1.43. The summed E-state index contributed by atoms with van der Waals surface area (Å²) >= 11 is 0. The summed E-state index contributed by atoms with van der Waals surface area (Å²) in [7, 11) is 1.71. The van der Waals surface area contributed by atoms with Gasteiger partial charge in [-0.1, -0.05) is 6.92 Å². The van der Waals surface area contributed by atoms with Gasteiger partial charge in [0.15, 0.2) is 5.96 Å². The van der Waals surface area contributed by atoms with E-state index in [0.717, 1.165) is 0 Å². The summed E-state index contributed by atoms with van der Waals surface area (Å²) in [5.41, 5.74) is 0. The van der Waals surface area contributed by atoms with Crippen LogP contribution in [0.25, 0.3) is 0 Å². The molecule has 0 radical (unpaired) electrons. The van der Waals surface area contributed by atoms with Gasteiger partial charge in [0.25, 0.3) is 0 Å². The molecule has 0 heterocycles. The first-order valence-corrected chi connectivity index (χ1v) is 5.79. The molecule has 1 aliphatic carbocycles. The van der Waals surface area contributed by atoms with E-state index in [-0.39, 0.29) is 18.5 Å². The first-order chi connectivity index (χ1) is 7.52. The molecule has 0 spiro atoms. The van der Waals surface area contributed by atoms with Crippen LogP contribution >= 0.6 is 0 Å². The van der Waals surface area contributed by atoms with Crippen LogP contribution in [0.2, 0.25) is 0 Å². The maximum atomic E-state index is 11.4. The number of hydrogen-bond donors (Lipinski definition) is 3. The molecule has 0 aromatic carbocycles. The topological polar surface area (TPSA) is 65.5 Å². The van der Waals surface area contributed by atoms with E-state index in [1.165, 1.54) is 6.42 Å². The maximum absolute atomic E-state index is 11.4. The normalized spacial score (nSPS) is 24.2. The summed E-state index contributed by atoms with van der Waals surface area (Å²) < 4.78 is 0. The smallest absolute Gasteiger partial charge is 0.239 e. The molecule has 0 aromatic heterocycles. The van der Waals surface area contributed by atoms with Crippen molar-refractivity contribution in [3.8, 4) is 0 Å². The van der Waals surface area contributed by atoms with Gasteiger partial charge in [0.2, 0.25) is 5.91 Å². The van der Waals surface area contributed by atoms with Crippen molar-refractivity contribution >= 4 is 11.9 Å². The molecule has 1 rings (SSSR count). The Balaban J connectivity index is 2.21. The molecule has 92 valence electrons. The minimum atomic E-state index is -0.0122. The molecular weight excluding hydrogens is 204 g/mol. The lowest BCUT2D eigenvalue weighted by atomic mass is 10.4. The number of nitrogens with one attached hydrogen (secondary N) is 3. The standard InChI is InChI=1S/C11H22N4O/c1-7(2)14-10(16)6-13-11(12-4)15-9-5-8(9)3/h7-9H,5-6H2,1-4H3,(H,14,16)(H2,12,13,15). The maximum Gasteiger partial charge on any atom is 0.239 e.